The number of hydrogen-bond donors (Lipinski definition) is 0. The third-order valence-corrected chi connectivity index (χ3v) is 7.11. The Morgan fingerprint density at radius 2 is 1.85 bits per heavy atom. The summed E-state index contributed by atoms with van der Waals surface area (Å²) < 4.78 is 7.91. The van der Waals surface area contributed by atoms with Gasteiger partial charge in [-0.05, 0) is 44.6 Å². The quantitative estimate of drug-likeness (QED) is 0.392. The lowest BCUT2D eigenvalue weighted by atomic mass is 10.0. The number of aromatic nitrogens is 2. The zero-order valence-corrected chi connectivity index (χ0v) is 20.4. The standard InChI is InChI=1S/C28H32N4O2/c1-5-31(6-2)23-14-15-32(18-23)28(33)26-19(3)27(30(4)29-26)22-12-9-11-20(16-22)25-17-21-10-7-8-13-24(21)34-25/h7-13,16-17,23H,5-6,14-15,18H2,1-4H3. The normalized spacial score (nSPS) is 16.1. The molecule has 0 spiro atoms. The molecule has 1 unspecified atom stereocenters. The van der Waals surface area contributed by atoms with Gasteiger partial charge in [-0.1, -0.05) is 50.2 Å². The summed E-state index contributed by atoms with van der Waals surface area (Å²) in [5.41, 5.74) is 5.32. The fourth-order valence-electron chi connectivity index (χ4n) is 5.29. The van der Waals surface area contributed by atoms with E-state index in [4.69, 9.17) is 4.42 Å². The second kappa shape index (κ2) is 9.11. The van der Waals surface area contributed by atoms with E-state index in [9.17, 15) is 4.79 Å². The summed E-state index contributed by atoms with van der Waals surface area (Å²) in [5.74, 6) is 0.862. The minimum absolute atomic E-state index is 0.0300. The summed E-state index contributed by atoms with van der Waals surface area (Å²) in [6.07, 6.45) is 1.02. The number of furan rings is 1. The predicted octanol–water partition coefficient (Wildman–Crippen LogP) is 5.37. The highest BCUT2D eigenvalue weighted by Gasteiger charge is 2.32. The molecule has 2 aromatic carbocycles. The van der Waals surface area contributed by atoms with Gasteiger partial charge in [0.1, 0.15) is 11.3 Å². The highest BCUT2D eigenvalue weighted by molar-refractivity contribution is 5.96. The minimum Gasteiger partial charge on any atom is -0.456 e. The molecule has 1 aliphatic rings. The maximum atomic E-state index is 13.4. The van der Waals surface area contributed by atoms with Crippen LogP contribution >= 0.6 is 0 Å². The summed E-state index contributed by atoms with van der Waals surface area (Å²) in [4.78, 5) is 17.8. The first-order valence-electron chi connectivity index (χ1n) is 12.2. The Hall–Kier alpha value is -3.38. The highest BCUT2D eigenvalue weighted by atomic mass is 16.3. The summed E-state index contributed by atoms with van der Waals surface area (Å²) >= 11 is 0. The van der Waals surface area contributed by atoms with Crippen molar-refractivity contribution in [3.05, 3.63) is 65.9 Å². The topological polar surface area (TPSA) is 54.5 Å². The van der Waals surface area contributed by atoms with E-state index in [0.29, 0.717) is 11.7 Å². The molecule has 1 fully saturated rings. The zero-order valence-electron chi connectivity index (χ0n) is 20.4. The van der Waals surface area contributed by atoms with E-state index < -0.39 is 0 Å². The minimum atomic E-state index is 0.0300. The van der Waals surface area contributed by atoms with E-state index in [1.807, 2.05) is 47.8 Å². The van der Waals surface area contributed by atoms with Gasteiger partial charge < -0.3 is 9.32 Å². The van der Waals surface area contributed by atoms with Crippen molar-refractivity contribution in [1.82, 2.24) is 19.6 Å². The van der Waals surface area contributed by atoms with Crippen LogP contribution in [0, 0.1) is 6.92 Å². The number of likely N-dealkylation sites (N-methyl/N-ethyl adjacent to an activating group) is 1. The van der Waals surface area contributed by atoms with E-state index in [0.717, 1.165) is 71.7 Å². The van der Waals surface area contributed by atoms with Crippen LogP contribution in [0.3, 0.4) is 0 Å². The molecule has 2 aromatic heterocycles. The second-order valence-corrected chi connectivity index (χ2v) is 9.09. The first-order valence-corrected chi connectivity index (χ1v) is 12.2. The van der Waals surface area contributed by atoms with Crippen molar-refractivity contribution >= 4 is 16.9 Å². The molecule has 0 radical (unpaired) electrons. The van der Waals surface area contributed by atoms with Crippen LogP contribution in [-0.2, 0) is 7.05 Å². The van der Waals surface area contributed by atoms with E-state index >= 15 is 0 Å². The SMILES string of the molecule is CCN(CC)C1CCN(C(=O)c2nn(C)c(-c3cccc(-c4cc5ccccc5o4)c3)c2C)C1. The third kappa shape index (κ3) is 3.92. The van der Waals surface area contributed by atoms with E-state index in [1.165, 1.54) is 0 Å². The van der Waals surface area contributed by atoms with Gasteiger partial charge in [0.2, 0.25) is 0 Å². The first kappa shape index (κ1) is 22.4. The van der Waals surface area contributed by atoms with Gasteiger partial charge in [0.05, 0.1) is 5.69 Å². The Bertz CT molecular complexity index is 1300. The number of hydrogen-bond acceptors (Lipinski definition) is 4. The van der Waals surface area contributed by atoms with Crippen molar-refractivity contribution in [3.63, 3.8) is 0 Å². The van der Waals surface area contributed by atoms with E-state index in [-0.39, 0.29) is 5.91 Å². The number of aryl methyl sites for hydroxylation is 1. The van der Waals surface area contributed by atoms with Crippen molar-refractivity contribution in [2.24, 2.45) is 7.05 Å². The Labute approximate surface area is 200 Å². The van der Waals surface area contributed by atoms with Crippen LogP contribution in [0.4, 0.5) is 0 Å². The van der Waals surface area contributed by atoms with Gasteiger partial charge in [-0.25, -0.2) is 0 Å². The van der Waals surface area contributed by atoms with Crippen LogP contribution in [0.5, 0.6) is 0 Å². The van der Waals surface area contributed by atoms with Crippen molar-refractivity contribution in [1.29, 1.82) is 0 Å². The molecular formula is C28H32N4O2. The number of rotatable bonds is 6. The summed E-state index contributed by atoms with van der Waals surface area (Å²) in [6.45, 7) is 9.95. The lowest BCUT2D eigenvalue weighted by molar-refractivity contribution is 0.0770. The average molecular weight is 457 g/mol. The average Bonchev–Trinajstić information content (AvgIpc) is 3.57. The molecule has 176 valence electrons. The molecule has 0 aliphatic carbocycles. The van der Waals surface area contributed by atoms with Gasteiger partial charge in [0.25, 0.3) is 5.91 Å². The molecule has 3 heterocycles. The largest absolute Gasteiger partial charge is 0.456 e. The molecule has 1 aliphatic heterocycles. The molecule has 1 atom stereocenters. The maximum absolute atomic E-state index is 13.4. The molecule has 0 bridgehead atoms. The Kier molecular flexibility index (Phi) is 6.00. The Morgan fingerprint density at radius 3 is 2.62 bits per heavy atom. The predicted molar refractivity (Wildman–Crippen MR) is 136 cm³/mol. The van der Waals surface area contributed by atoms with Gasteiger partial charge in [0.15, 0.2) is 5.69 Å². The Morgan fingerprint density at radius 1 is 1.09 bits per heavy atom. The fourth-order valence-corrected chi connectivity index (χ4v) is 5.29. The lowest BCUT2D eigenvalue weighted by Crippen LogP contribution is -2.38. The number of carbonyl (C=O) groups is 1. The van der Waals surface area contributed by atoms with Crippen molar-refractivity contribution in [2.75, 3.05) is 26.2 Å². The zero-order chi connectivity index (χ0) is 23.8. The number of nitrogens with zero attached hydrogens (tertiary/aromatic N) is 4. The summed E-state index contributed by atoms with van der Waals surface area (Å²) in [7, 11) is 1.91. The molecule has 0 saturated carbocycles. The molecule has 1 amide bonds. The fraction of sp³-hybridized carbons (Fsp3) is 0.357. The van der Waals surface area contributed by atoms with Crippen LogP contribution in [0.1, 0.15) is 36.3 Å². The lowest BCUT2D eigenvalue weighted by Gasteiger charge is -2.26. The number of benzene rings is 2. The van der Waals surface area contributed by atoms with Gasteiger partial charge in [0, 0.05) is 48.3 Å². The molecular weight excluding hydrogens is 424 g/mol. The summed E-state index contributed by atoms with van der Waals surface area (Å²) in [6, 6.07) is 18.8. The number of amides is 1. The van der Waals surface area contributed by atoms with Crippen LogP contribution < -0.4 is 0 Å². The second-order valence-electron chi connectivity index (χ2n) is 9.09. The molecule has 0 N–H and O–H groups in total. The van der Waals surface area contributed by atoms with Gasteiger partial charge in [-0.2, -0.15) is 5.10 Å². The van der Waals surface area contributed by atoms with Crippen molar-refractivity contribution < 1.29 is 9.21 Å². The van der Waals surface area contributed by atoms with Crippen LogP contribution in [-0.4, -0.2) is 57.7 Å². The van der Waals surface area contributed by atoms with Gasteiger partial charge in [-0.3, -0.25) is 14.4 Å². The van der Waals surface area contributed by atoms with Crippen molar-refractivity contribution in [2.45, 2.75) is 33.2 Å². The molecule has 5 rings (SSSR count). The number of fused-ring (bicyclic) bond motifs is 1. The summed E-state index contributed by atoms with van der Waals surface area (Å²) in [5, 5.41) is 5.75. The number of carbonyl (C=O) groups excluding carboxylic acids is 1. The molecule has 4 aromatic rings. The first-order chi connectivity index (χ1) is 16.5. The van der Waals surface area contributed by atoms with Crippen LogP contribution in [0.25, 0.3) is 33.6 Å². The van der Waals surface area contributed by atoms with Crippen molar-refractivity contribution in [3.8, 4) is 22.6 Å². The number of likely N-dealkylation sites (tertiary alicyclic amines) is 1. The third-order valence-electron chi connectivity index (χ3n) is 7.11. The van der Waals surface area contributed by atoms with Crippen LogP contribution in [0.2, 0.25) is 0 Å². The van der Waals surface area contributed by atoms with E-state index in [1.54, 1.807) is 0 Å². The highest BCUT2D eigenvalue weighted by Crippen LogP contribution is 2.33. The van der Waals surface area contributed by atoms with Gasteiger partial charge in [-0.15, -0.1) is 0 Å². The van der Waals surface area contributed by atoms with Crippen LogP contribution in [0.15, 0.2) is 59.0 Å². The maximum Gasteiger partial charge on any atom is 0.274 e. The number of para-hydroxylation sites is 1. The molecule has 1 saturated heterocycles. The smallest absolute Gasteiger partial charge is 0.274 e. The van der Waals surface area contributed by atoms with Gasteiger partial charge >= 0.3 is 0 Å². The monoisotopic (exact) mass is 456 g/mol. The Balaban J connectivity index is 1.43. The molecule has 6 heteroatoms. The van der Waals surface area contributed by atoms with E-state index in [2.05, 4.69) is 54.2 Å². The molecule has 6 nitrogen and oxygen atoms in total. The molecule has 34 heavy (non-hydrogen) atoms.